The molecule has 0 radical (unpaired) electrons. The van der Waals surface area contributed by atoms with Gasteiger partial charge in [0.1, 0.15) is 5.82 Å². The molecule has 1 aromatic heterocycles. The van der Waals surface area contributed by atoms with Crippen LogP contribution in [0.1, 0.15) is 43.3 Å². The number of carbonyl (C=O) groups excluding carboxylic acids is 1. The summed E-state index contributed by atoms with van der Waals surface area (Å²) in [5.74, 6) is 0.514. The third-order valence-corrected chi connectivity index (χ3v) is 4.32. The summed E-state index contributed by atoms with van der Waals surface area (Å²) in [5, 5.41) is 13.2. The predicted molar refractivity (Wildman–Crippen MR) is 101 cm³/mol. The first-order valence-corrected chi connectivity index (χ1v) is 8.80. The molecular weight excluding hydrogens is 326 g/mol. The molecule has 5 heteroatoms. The van der Waals surface area contributed by atoms with E-state index in [-0.39, 0.29) is 18.4 Å². The Morgan fingerprint density at radius 1 is 1.12 bits per heavy atom. The molecule has 1 heterocycles. The number of carbonyl (C=O) groups is 1. The number of aliphatic hydroxyl groups excluding tert-OH is 1. The molecular formula is C21H23N3O2. The highest BCUT2D eigenvalue weighted by atomic mass is 16.3. The molecule has 0 aliphatic carbocycles. The summed E-state index contributed by atoms with van der Waals surface area (Å²) >= 11 is 0. The highest BCUT2D eigenvalue weighted by Crippen LogP contribution is 2.21. The van der Waals surface area contributed by atoms with E-state index >= 15 is 0 Å². The van der Waals surface area contributed by atoms with Crippen molar-refractivity contribution in [2.75, 3.05) is 0 Å². The van der Waals surface area contributed by atoms with E-state index in [1.165, 1.54) is 0 Å². The van der Waals surface area contributed by atoms with E-state index in [1.54, 1.807) is 6.20 Å². The van der Waals surface area contributed by atoms with Crippen molar-refractivity contribution in [3.63, 3.8) is 0 Å². The van der Waals surface area contributed by atoms with Gasteiger partial charge in [-0.15, -0.1) is 0 Å². The number of H-pyrrole nitrogens is 1. The van der Waals surface area contributed by atoms with Crippen LogP contribution in [0.15, 0.2) is 66.9 Å². The Bertz CT molecular complexity index is 831. The van der Waals surface area contributed by atoms with Crippen molar-refractivity contribution in [2.45, 2.75) is 31.9 Å². The number of aliphatic hydroxyl groups is 1. The summed E-state index contributed by atoms with van der Waals surface area (Å²) in [6, 6.07) is 18.9. The monoisotopic (exact) mass is 349 g/mol. The van der Waals surface area contributed by atoms with E-state index in [0.717, 1.165) is 16.8 Å². The van der Waals surface area contributed by atoms with Crippen LogP contribution in [-0.2, 0) is 4.79 Å². The van der Waals surface area contributed by atoms with E-state index in [0.29, 0.717) is 12.2 Å². The van der Waals surface area contributed by atoms with Crippen LogP contribution < -0.4 is 5.32 Å². The summed E-state index contributed by atoms with van der Waals surface area (Å²) < 4.78 is 0. The third kappa shape index (κ3) is 4.37. The van der Waals surface area contributed by atoms with Gasteiger partial charge in [-0.2, -0.15) is 0 Å². The fourth-order valence-electron chi connectivity index (χ4n) is 2.86. The van der Waals surface area contributed by atoms with Gasteiger partial charge in [0, 0.05) is 0 Å². The van der Waals surface area contributed by atoms with Crippen LogP contribution in [0, 0.1) is 0 Å². The van der Waals surface area contributed by atoms with E-state index < -0.39 is 6.10 Å². The molecule has 5 nitrogen and oxygen atoms in total. The van der Waals surface area contributed by atoms with Crippen molar-refractivity contribution in [3.8, 4) is 11.3 Å². The molecule has 0 fully saturated rings. The van der Waals surface area contributed by atoms with Crippen LogP contribution >= 0.6 is 0 Å². The maximum atomic E-state index is 12.3. The largest absolute Gasteiger partial charge is 0.388 e. The fraction of sp³-hybridized carbons (Fsp3) is 0.238. The summed E-state index contributed by atoms with van der Waals surface area (Å²) in [6.07, 6.45) is 1.69. The number of nitrogens with zero attached hydrogens (tertiary/aromatic N) is 1. The smallest absolute Gasteiger partial charge is 0.223 e. The maximum Gasteiger partial charge on any atom is 0.223 e. The molecule has 0 saturated heterocycles. The van der Waals surface area contributed by atoms with Crippen molar-refractivity contribution in [1.82, 2.24) is 15.3 Å². The molecule has 2 aromatic carbocycles. The number of benzene rings is 2. The second-order valence-corrected chi connectivity index (χ2v) is 6.21. The molecule has 0 spiro atoms. The van der Waals surface area contributed by atoms with E-state index in [4.69, 9.17) is 0 Å². The molecule has 0 aliphatic rings. The van der Waals surface area contributed by atoms with Gasteiger partial charge < -0.3 is 15.4 Å². The molecule has 0 bridgehead atoms. The number of imidazole rings is 1. The van der Waals surface area contributed by atoms with Gasteiger partial charge in [0.05, 0.1) is 30.5 Å². The Morgan fingerprint density at radius 3 is 2.42 bits per heavy atom. The van der Waals surface area contributed by atoms with E-state index in [1.807, 2.05) is 67.6 Å². The number of hydrogen-bond acceptors (Lipinski definition) is 3. The average Bonchev–Trinajstić information content (AvgIpc) is 3.17. The minimum atomic E-state index is -0.815. The quantitative estimate of drug-likeness (QED) is 0.607. The first kappa shape index (κ1) is 17.9. The lowest BCUT2D eigenvalue weighted by molar-refractivity contribution is -0.123. The number of hydrogen-bond donors (Lipinski definition) is 3. The molecule has 1 amide bonds. The lowest BCUT2D eigenvalue weighted by atomic mass is 10.1. The van der Waals surface area contributed by atoms with Gasteiger partial charge in [0.25, 0.3) is 0 Å². The molecule has 3 aromatic rings. The lowest BCUT2D eigenvalue weighted by Gasteiger charge is -2.17. The molecule has 26 heavy (non-hydrogen) atoms. The zero-order valence-electron chi connectivity index (χ0n) is 14.7. The SMILES string of the molecule is CCC(NC(=O)CC(O)c1ccccc1)c1ncc(-c2ccccc2)[nH]1. The van der Waals surface area contributed by atoms with Crippen LogP contribution in [-0.4, -0.2) is 21.0 Å². The van der Waals surface area contributed by atoms with Crippen LogP contribution in [0.25, 0.3) is 11.3 Å². The zero-order valence-corrected chi connectivity index (χ0v) is 14.7. The average molecular weight is 349 g/mol. The van der Waals surface area contributed by atoms with Crippen molar-refractivity contribution in [2.24, 2.45) is 0 Å². The minimum absolute atomic E-state index is 0.0206. The van der Waals surface area contributed by atoms with Gasteiger partial charge in [-0.25, -0.2) is 4.98 Å². The third-order valence-electron chi connectivity index (χ3n) is 4.32. The molecule has 2 unspecified atom stereocenters. The number of amides is 1. The topological polar surface area (TPSA) is 78.0 Å². The van der Waals surface area contributed by atoms with Gasteiger partial charge in [-0.05, 0) is 17.5 Å². The van der Waals surface area contributed by atoms with Crippen molar-refractivity contribution in [3.05, 3.63) is 78.2 Å². The summed E-state index contributed by atoms with van der Waals surface area (Å²) in [6.45, 7) is 1.99. The second kappa shape index (κ2) is 8.45. The van der Waals surface area contributed by atoms with Gasteiger partial charge in [0.2, 0.25) is 5.91 Å². The van der Waals surface area contributed by atoms with Crippen LogP contribution in [0.2, 0.25) is 0 Å². The Hall–Kier alpha value is -2.92. The van der Waals surface area contributed by atoms with Gasteiger partial charge in [-0.3, -0.25) is 4.79 Å². The van der Waals surface area contributed by atoms with Gasteiger partial charge in [0.15, 0.2) is 0 Å². The normalized spacial score (nSPS) is 13.2. The standard InChI is InChI=1S/C21H23N3O2/c1-2-17(21-22-14-18(24-21)15-9-5-3-6-10-15)23-20(26)13-19(25)16-11-7-4-8-12-16/h3-12,14,17,19,25H,2,13H2,1H3,(H,22,24)(H,23,26). The highest BCUT2D eigenvalue weighted by Gasteiger charge is 2.19. The van der Waals surface area contributed by atoms with Crippen LogP contribution in [0.5, 0.6) is 0 Å². The fourth-order valence-corrected chi connectivity index (χ4v) is 2.86. The van der Waals surface area contributed by atoms with Gasteiger partial charge in [-0.1, -0.05) is 67.6 Å². The molecule has 2 atom stereocenters. The molecule has 3 rings (SSSR count). The first-order valence-electron chi connectivity index (χ1n) is 8.80. The minimum Gasteiger partial charge on any atom is -0.388 e. The maximum absolute atomic E-state index is 12.3. The predicted octanol–water partition coefficient (Wildman–Crippen LogP) is 3.77. The summed E-state index contributed by atoms with van der Waals surface area (Å²) in [5.41, 5.74) is 2.70. The zero-order chi connectivity index (χ0) is 18.4. The molecule has 0 aliphatic heterocycles. The summed E-state index contributed by atoms with van der Waals surface area (Å²) in [7, 11) is 0. The Kier molecular flexibility index (Phi) is 5.81. The van der Waals surface area contributed by atoms with Crippen molar-refractivity contribution in [1.29, 1.82) is 0 Å². The number of rotatable bonds is 7. The first-order chi connectivity index (χ1) is 12.7. The van der Waals surface area contributed by atoms with Crippen LogP contribution in [0.3, 0.4) is 0 Å². The van der Waals surface area contributed by atoms with Crippen molar-refractivity contribution < 1.29 is 9.90 Å². The molecule has 134 valence electrons. The van der Waals surface area contributed by atoms with Gasteiger partial charge >= 0.3 is 0 Å². The lowest BCUT2D eigenvalue weighted by Crippen LogP contribution is -2.30. The number of aromatic amines is 1. The Morgan fingerprint density at radius 2 is 1.77 bits per heavy atom. The molecule has 3 N–H and O–H groups in total. The van der Waals surface area contributed by atoms with E-state index in [9.17, 15) is 9.90 Å². The highest BCUT2D eigenvalue weighted by molar-refractivity contribution is 5.77. The second-order valence-electron chi connectivity index (χ2n) is 6.21. The number of nitrogens with one attached hydrogen (secondary N) is 2. The Balaban J connectivity index is 1.64. The molecule has 0 saturated carbocycles. The number of aromatic nitrogens is 2. The summed E-state index contributed by atoms with van der Waals surface area (Å²) in [4.78, 5) is 20.0. The van der Waals surface area contributed by atoms with Crippen molar-refractivity contribution >= 4 is 5.91 Å². The Labute approximate surface area is 153 Å². The van der Waals surface area contributed by atoms with E-state index in [2.05, 4.69) is 15.3 Å². The van der Waals surface area contributed by atoms with Crippen LogP contribution in [0.4, 0.5) is 0 Å².